The number of rotatable bonds is 8. The van der Waals surface area contributed by atoms with Crippen molar-refractivity contribution in [3.05, 3.63) is 54.1 Å². The molecule has 0 unspecified atom stereocenters. The number of nitrogens with one attached hydrogen (secondary N) is 2. The van der Waals surface area contributed by atoms with E-state index < -0.39 is 12.6 Å². The van der Waals surface area contributed by atoms with Crippen molar-refractivity contribution in [2.75, 3.05) is 19.0 Å². The highest BCUT2D eigenvalue weighted by Gasteiger charge is 2.12. The molecule has 1 amide bonds. The predicted octanol–water partition coefficient (Wildman–Crippen LogP) is 3.32. The van der Waals surface area contributed by atoms with Crippen molar-refractivity contribution in [1.82, 2.24) is 5.32 Å². The van der Waals surface area contributed by atoms with Gasteiger partial charge in [0.1, 0.15) is 5.75 Å². The summed E-state index contributed by atoms with van der Waals surface area (Å²) in [7, 11) is 1.28. The maximum Gasteiger partial charge on any atom is 0.387 e. The van der Waals surface area contributed by atoms with Gasteiger partial charge in [-0.3, -0.25) is 9.59 Å². The van der Waals surface area contributed by atoms with E-state index in [4.69, 9.17) is 0 Å². The molecule has 2 aromatic carbocycles. The van der Waals surface area contributed by atoms with Crippen molar-refractivity contribution < 1.29 is 27.8 Å². The first kappa shape index (κ1) is 19.2. The lowest BCUT2D eigenvalue weighted by molar-refractivity contribution is -0.140. The van der Waals surface area contributed by atoms with Gasteiger partial charge < -0.3 is 20.1 Å². The first-order valence-corrected chi connectivity index (χ1v) is 7.75. The van der Waals surface area contributed by atoms with E-state index in [2.05, 4.69) is 20.1 Å². The monoisotopic (exact) mass is 364 g/mol. The quantitative estimate of drug-likeness (QED) is 0.703. The van der Waals surface area contributed by atoms with E-state index in [-0.39, 0.29) is 24.6 Å². The largest absolute Gasteiger partial charge is 0.469 e. The number of esters is 1. The van der Waals surface area contributed by atoms with Crippen LogP contribution in [0.4, 0.5) is 20.2 Å². The SMILES string of the molecule is COC(=O)CCNC(=O)c1ccccc1Nc1ccc(OC(F)F)cc1. The Labute approximate surface area is 149 Å². The van der Waals surface area contributed by atoms with Crippen LogP contribution in [0.15, 0.2) is 48.5 Å². The van der Waals surface area contributed by atoms with Gasteiger partial charge >= 0.3 is 12.6 Å². The van der Waals surface area contributed by atoms with E-state index in [1.165, 1.54) is 19.2 Å². The maximum atomic E-state index is 12.3. The molecule has 2 N–H and O–H groups in total. The lowest BCUT2D eigenvalue weighted by Gasteiger charge is -2.13. The van der Waals surface area contributed by atoms with Crippen LogP contribution in [0.5, 0.6) is 5.75 Å². The summed E-state index contributed by atoms with van der Waals surface area (Å²) in [5.41, 5.74) is 1.51. The van der Waals surface area contributed by atoms with Crippen LogP contribution in [-0.4, -0.2) is 32.1 Å². The fourth-order valence-electron chi connectivity index (χ4n) is 2.14. The summed E-state index contributed by atoms with van der Waals surface area (Å²) >= 11 is 0. The van der Waals surface area contributed by atoms with Gasteiger partial charge in [-0.2, -0.15) is 8.78 Å². The third-order valence-corrected chi connectivity index (χ3v) is 3.37. The molecule has 8 heteroatoms. The molecule has 0 radical (unpaired) electrons. The summed E-state index contributed by atoms with van der Waals surface area (Å²) in [5.74, 6) is -0.725. The van der Waals surface area contributed by atoms with Crippen LogP contribution in [0.1, 0.15) is 16.8 Å². The van der Waals surface area contributed by atoms with E-state index in [9.17, 15) is 18.4 Å². The smallest absolute Gasteiger partial charge is 0.387 e. The summed E-state index contributed by atoms with van der Waals surface area (Å²) in [5, 5.41) is 5.69. The Morgan fingerprint density at radius 1 is 1.08 bits per heavy atom. The number of methoxy groups -OCH3 is 1. The van der Waals surface area contributed by atoms with E-state index in [1.54, 1.807) is 36.4 Å². The average molecular weight is 364 g/mol. The van der Waals surface area contributed by atoms with Crippen LogP contribution >= 0.6 is 0 Å². The number of carbonyl (C=O) groups is 2. The van der Waals surface area contributed by atoms with E-state index >= 15 is 0 Å². The molecule has 0 saturated heterocycles. The lowest BCUT2D eigenvalue weighted by atomic mass is 10.1. The molecule has 0 aliphatic rings. The minimum Gasteiger partial charge on any atom is -0.469 e. The minimum absolute atomic E-state index is 0.0411. The number of benzene rings is 2. The van der Waals surface area contributed by atoms with Crippen molar-refractivity contribution in [3.63, 3.8) is 0 Å². The number of alkyl halides is 2. The van der Waals surface area contributed by atoms with Crippen molar-refractivity contribution in [1.29, 1.82) is 0 Å². The van der Waals surface area contributed by atoms with E-state index in [0.717, 1.165) is 0 Å². The summed E-state index contributed by atoms with van der Waals surface area (Å²) in [4.78, 5) is 23.4. The third-order valence-electron chi connectivity index (χ3n) is 3.37. The van der Waals surface area contributed by atoms with Crippen LogP contribution in [0.25, 0.3) is 0 Å². The van der Waals surface area contributed by atoms with Gasteiger partial charge in [-0.1, -0.05) is 12.1 Å². The summed E-state index contributed by atoms with van der Waals surface area (Å²) in [6.07, 6.45) is 0.0729. The van der Waals surface area contributed by atoms with Gasteiger partial charge in [0.25, 0.3) is 5.91 Å². The zero-order valence-electron chi connectivity index (χ0n) is 14.0. The van der Waals surface area contributed by atoms with Gasteiger partial charge in [0.2, 0.25) is 0 Å². The highest BCUT2D eigenvalue weighted by atomic mass is 19.3. The Morgan fingerprint density at radius 2 is 1.77 bits per heavy atom. The molecule has 0 aromatic heterocycles. The molecule has 0 aliphatic heterocycles. The number of ether oxygens (including phenoxy) is 2. The fraction of sp³-hybridized carbons (Fsp3) is 0.222. The van der Waals surface area contributed by atoms with Gasteiger partial charge in [0.15, 0.2) is 0 Å². The Morgan fingerprint density at radius 3 is 2.42 bits per heavy atom. The second-order valence-electron chi connectivity index (χ2n) is 5.16. The van der Waals surface area contributed by atoms with E-state index in [0.29, 0.717) is 16.9 Å². The standard InChI is InChI=1S/C18H18F2N2O4/c1-25-16(23)10-11-21-17(24)14-4-2-3-5-15(14)22-12-6-8-13(9-7-12)26-18(19)20/h2-9,18,22H,10-11H2,1H3,(H,21,24). The second kappa shape index (κ2) is 9.36. The molecule has 0 spiro atoms. The molecule has 0 atom stereocenters. The molecular weight excluding hydrogens is 346 g/mol. The molecular formula is C18H18F2N2O4. The molecule has 0 bridgehead atoms. The molecule has 0 heterocycles. The van der Waals surface area contributed by atoms with Gasteiger partial charge in [0.05, 0.1) is 24.8 Å². The van der Waals surface area contributed by atoms with E-state index in [1.807, 2.05) is 0 Å². The van der Waals surface area contributed by atoms with Crippen LogP contribution in [0.3, 0.4) is 0 Å². The molecule has 2 aromatic rings. The first-order chi connectivity index (χ1) is 12.5. The van der Waals surface area contributed by atoms with Crippen LogP contribution < -0.4 is 15.4 Å². The molecule has 26 heavy (non-hydrogen) atoms. The fourth-order valence-corrected chi connectivity index (χ4v) is 2.14. The summed E-state index contributed by atoms with van der Waals surface area (Å²) in [6, 6.07) is 12.7. The van der Waals surface area contributed by atoms with Crippen LogP contribution in [0, 0.1) is 0 Å². The van der Waals surface area contributed by atoms with Crippen molar-refractivity contribution >= 4 is 23.3 Å². The van der Waals surface area contributed by atoms with Crippen LogP contribution in [-0.2, 0) is 9.53 Å². The number of amides is 1. The molecule has 0 saturated carbocycles. The lowest BCUT2D eigenvalue weighted by Crippen LogP contribution is -2.26. The minimum atomic E-state index is -2.89. The third kappa shape index (κ3) is 5.73. The zero-order chi connectivity index (χ0) is 18.9. The number of para-hydroxylation sites is 1. The number of carbonyl (C=O) groups excluding carboxylic acids is 2. The molecule has 2 rings (SSSR count). The molecule has 0 aliphatic carbocycles. The first-order valence-electron chi connectivity index (χ1n) is 7.75. The average Bonchev–Trinajstić information content (AvgIpc) is 2.63. The Kier molecular flexibility index (Phi) is 6.90. The predicted molar refractivity (Wildman–Crippen MR) is 91.8 cm³/mol. The topological polar surface area (TPSA) is 76.7 Å². The highest BCUT2D eigenvalue weighted by Crippen LogP contribution is 2.23. The molecule has 0 fully saturated rings. The van der Waals surface area contributed by atoms with Crippen molar-refractivity contribution in [2.45, 2.75) is 13.0 Å². The normalized spacial score (nSPS) is 10.3. The van der Waals surface area contributed by atoms with Gasteiger partial charge in [-0.25, -0.2) is 0 Å². The van der Waals surface area contributed by atoms with Crippen LogP contribution in [0.2, 0.25) is 0 Å². The van der Waals surface area contributed by atoms with Gasteiger partial charge in [0, 0.05) is 12.2 Å². The zero-order valence-corrected chi connectivity index (χ0v) is 14.0. The number of hydrogen-bond acceptors (Lipinski definition) is 5. The summed E-state index contributed by atoms with van der Waals surface area (Å²) < 4.78 is 33.2. The van der Waals surface area contributed by atoms with Gasteiger partial charge in [-0.15, -0.1) is 0 Å². The Balaban J connectivity index is 2.04. The molecule has 138 valence electrons. The number of anilines is 2. The molecule has 6 nitrogen and oxygen atoms in total. The Hall–Kier alpha value is -3.16. The number of halogens is 2. The Bertz CT molecular complexity index is 751. The second-order valence-corrected chi connectivity index (χ2v) is 5.16. The van der Waals surface area contributed by atoms with Crippen molar-refractivity contribution in [3.8, 4) is 5.75 Å². The summed E-state index contributed by atoms with van der Waals surface area (Å²) in [6.45, 7) is -2.73. The van der Waals surface area contributed by atoms with Crippen molar-refractivity contribution in [2.24, 2.45) is 0 Å². The highest BCUT2D eigenvalue weighted by molar-refractivity contribution is 6.00. The van der Waals surface area contributed by atoms with Gasteiger partial charge in [-0.05, 0) is 36.4 Å². The number of hydrogen-bond donors (Lipinski definition) is 2. The maximum absolute atomic E-state index is 12.3.